The van der Waals surface area contributed by atoms with Crippen molar-refractivity contribution < 1.29 is 23.5 Å². The van der Waals surface area contributed by atoms with Gasteiger partial charge in [-0.3, -0.25) is 19.6 Å². The van der Waals surface area contributed by atoms with E-state index in [9.17, 15) is 19.5 Å². The van der Waals surface area contributed by atoms with Gasteiger partial charge in [0, 0.05) is 36.7 Å². The Morgan fingerprint density at radius 3 is 2.44 bits per heavy atom. The van der Waals surface area contributed by atoms with Crippen LogP contribution < -0.4 is 21.9 Å². The Morgan fingerprint density at radius 1 is 0.937 bits per heavy atom. The standard InChI is InChI=1S/C50H61N5O7Si/c1-50(2,3)63(4,5)62-44(38-17-20-42(56)47-39(38)18-21-46(57)53-47)31-51-25-22-34-15-19-41-43(30-34)61-49(59)55(41)26-10-9-11-33-14-16-37(35-12-7-6-8-13-35)40(29-33)52-48(58)60-45-32-54-27-23-36(45)24-28-54/h6-8,12-21,29-30,36,44-45,51,56H,9-11,22-28,31-32H2,1-5H3,(H,52,58)(H,53,57)/t44-,45-/m0/s1. The number of nitrogens with one attached hydrogen (secondary N) is 3. The van der Waals surface area contributed by atoms with E-state index in [4.69, 9.17) is 13.6 Å². The number of carbonyl (C=O) groups excluding carboxylic acids is 1. The molecule has 63 heavy (non-hydrogen) atoms. The minimum Gasteiger partial charge on any atom is -0.506 e. The monoisotopic (exact) mass is 871 g/mol. The molecule has 3 saturated heterocycles. The minimum absolute atomic E-state index is 0.0220. The Balaban J connectivity index is 0.879. The van der Waals surface area contributed by atoms with Gasteiger partial charge in [0.05, 0.1) is 22.8 Å². The van der Waals surface area contributed by atoms with E-state index in [1.807, 2.05) is 54.6 Å². The summed E-state index contributed by atoms with van der Waals surface area (Å²) in [5.41, 5.74) is 7.21. The first kappa shape index (κ1) is 44.1. The fourth-order valence-corrected chi connectivity index (χ4v) is 10.1. The normalized spacial score (nSPS) is 18.2. The van der Waals surface area contributed by atoms with E-state index in [2.05, 4.69) is 72.6 Å². The number of rotatable bonds is 16. The second kappa shape index (κ2) is 18.7. The third kappa shape index (κ3) is 10.2. The number of aromatic nitrogens is 2. The van der Waals surface area contributed by atoms with E-state index in [1.165, 1.54) is 6.07 Å². The van der Waals surface area contributed by atoms with Gasteiger partial charge in [0.1, 0.15) is 11.9 Å². The molecule has 0 spiro atoms. The lowest BCUT2D eigenvalue weighted by Gasteiger charge is -2.43. The van der Waals surface area contributed by atoms with Crippen molar-refractivity contribution in [1.82, 2.24) is 19.8 Å². The van der Waals surface area contributed by atoms with Crippen molar-refractivity contribution in [1.29, 1.82) is 0 Å². The van der Waals surface area contributed by atoms with Gasteiger partial charge in [-0.15, -0.1) is 0 Å². The first-order valence-corrected chi connectivity index (χ1v) is 25.4. The summed E-state index contributed by atoms with van der Waals surface area (Å²) in [7, 11) is -2.22. The van der Waals surface area contributed by atoms with Gasteiger partial charge in [-0.1, -0.05) is 75.4 Å². The summed E-state index contributed by atoms with van der Waals surface area (Å²) >= 11 is 0. The van der Waals surface area contributed by atoms with E-state index in [1.54, 1.807) is 16.7 Å². The predicted octanol–water partition coefficient (Wildman–Crippen LogP) is 9.37. The number of ether oxygens (including phenoxy) is 1. The molecule has 4 N–H and O–H groups in total. The number of phenolic OH excluding ortho intramolecular Hbond substituents is 1. The Bertz CT molecular complexity index is 2680. The topological polar surface area (TPSA) is 151 Å². The molecule has 0 unspecified atom stereocenters. The van der Waals surface area contributed by atoms with Crippen molar-refractivity contribution in [2.24, 2.45) is 5.92 Å². The van der Waals surface area contributed by atoms with Gasteiger partial charge in [-0.2, -0.15) is 0 Å². The molecule has 2 aromatic heterocycles. The number of piperidine rings is 3. The predicted molar refractivity (Wildman–Crippen MR) is 252 cm³/mol. The molecule has 3 aliphatic rings. The SMILES string of the molecule is CC(C)(C)[Si](C)(C)O[C@@H](CNCCc1ccc2c(c1)oc(=O)n2CCCCc1ccc(-c2ccccc2)c(NC(=O)O[C@H]2CN3CCC2CC3)c1)c1ccc(O)c2[nH]c(=O)ccc12. The summed E-state index contributed by atoms with van der Waals surface area (Å²) in [6, 6.07) is 29.0. The lowest BCUT2D eigenvalue weighted by atomic mass is 9.86. The number of benzene rings is 4. The van der Waals surface area contributed by atoms with Crippen LogP contribution in [-0.2, 0) is 28.5 Å². The maximum Gasteiger partial charge on any atom is 0.419 e. The van der Waals surface area contributed by atoms with Crippen molar-refractivity contribution in [3.05, 3.63) is 129 Å². The van der Waals surface area contributed by atoms with E-state index in [-0.39, 0.29) is 34.3 Å². The molecule has 6 aromatic rings. The molecular weight excluding hydrogens is 811 g/mol. The van der Waals surface area contributed by atoms with Crippen LogP contribution in [0.1, 0.15) is 69.2 Å². The summed E-state index contributed by atoms with van der Waals surface area (Å²) in [6.45, 7) is 15.8. The maximum atomic E-state index is 13.2. The molecule has 0 radical (unpaired) electrons. The van der Waals surface area contributed by atoms with Gasteiger partial charge in [-0.25, -0.2) is 9.59 Å². The Labute approximate surface area is 369 Å². The number of oxazole rings is 1. The number of hydrogen-bond acceptors (Lipinski definition) is 9. The molecule has 13 heteroatoms. The number of amides is 1. The quantitative estimate of drug-likeness (QED) is 0.0551. The van der Waals surface area contributed by atoms with Crippen LogP contribution in [0, 0.1) is 5.92 Å². The Kier molecular flexibility index (Phi) is 13.1. The highest BCUT2D eigenvalue weighted by molar-refractivity contribution is 6.74. The zero-order valence-electron chi connectivity index (χ0n) is 37.2. The van der Waals surface area contributed by atoms with Gasteiger partial charge < -0.3 is 29.0 Å². The van der Waals surface area contributed by atoms with E-state index < -0.39 is 14.4 Å². The number of fused-ring (bicyclic) bond motifs is 5. The lowest BCUT2D eigenvalue weighted by molar-refractivity contribution is -0.0289. The van der Waals surface area contributed by atoms with Crippen LogP contribution in [0.5, 0.6) is 5.75 Å². The summed E-state index contributed by atoms with van der Waals surface area (Å²) in [5, 5.41) is 18.0. The van der Waals surface area contributed by atoms with Crippen LogP contribution in [0.3, 0.4) is 0 Å². The molecule has 332 valence electrons. The largest absolute Gasteiger partial charge is 0.506 e. The summed E-state index contributed by atoms with van der Waals surface area (Å²) in [5.74, 6) is 0.0850. The molecule has 12 nitrogen and oxygen atoms in total. The van der Waals surface area contributed by atoms with E-state index >= 15 is 0 Å². The second-order valence-electron chi connectivity index (χ2n) is 18.8. The van der Waals surface area contributed by atoms with Crippen LogP contribution in [0.4, 0.5) is 10.5 Å². The molecule has 3 fully saturated rings. The number of aromatic hydroxyl groups is 1. The number of carbonyl (C=O) groups is 1. The highest BCUT2D eigenvalue weighted by atomic mass is 28.4. The van der Waals surface area contributed by atoms with Crippen LogP contribution in [0.15, 0.2) is 105 Å². The summed E-state index contributed by atoms with van der Waals surface area (Å²) in [6.07, 6.45) is 4.46. The number of anilines is 1. The van der Waals surface area contributed by atoms with Crippen LogP contribution in [0.25, 0.3) is 33.1 Å². The zero-order valence-corrected chi connectivity index (χ0v) is 38.2. The number of aromatic amines is 1. The van der Waals surface area contributed by atoms with Crippen molar-refractivity contribution in [2.75, 3.05) is 38.0 Å². The molecule has 2 bridgehead atoms. The van der Waals surface area contributed by atoms with Gasteiger partial charge in [0.15, 0.2) is 13.9 Å². The molecular formula is C50H61N5O7Si. The fourth-order valence-electron chi connectivity index (χ4n) is 8.87. The van der Waals surface area contributed by atoms with Crippen LogP contribution in [-0.4, -0.2) is 72.8 Å². The smallest absolute Gasteiger partial charge is 0.419 e. The van der Waals surface area contributed by atoms with E-state index in [0.717, 1.165) is 96.1 Å². The van der Waals surface area contributed by atoms with Crippen LogP contribution >= 0.6 is 0 Å². The van der Waals surface area contributed by atoms with Gasteiger partial charge >= 0.3 is 11.8 Å². The summed E-state index contributed by atoms with van der Waals surface area (Å²) in [4.78, 5) is 43.6. The lowest BCUT2D eigenvalue weighted by Crippen LogP contribution is -2.52. The van der Waals surface area contributed by atoms with E-state index in [0.29, 0.717) is 43.1 Å². The van der Waals surface area contributed by atoms with Crippen molar-refractivity contribution in [3.63, 3.8) is 0 Å². The van der Waals surface area contributed by atoms with Gasteiger partial charge in [-0.05, 0) is 135 Å². The third-order valence-electron chi connectivity index (χ3n) is 13.5. The molecule has 1 amide bonds. The molecule has 2 atom stereocenters. The van der Waals surface area contributed by atoms with Gasteiger partial charge in [0.25, 0.3) is 0 Å². The first-order chi connectivity index (χ1) is 30.2. The second-order valence-corrected chi connectivity index (χ2v) is 23.6. The molecule has 4 aromatic carbocycles. The minimum atomic E-state index is -2.22. The number of nitrogens with zero attached hydrogens (tertiary/aromatic N) is 2. The maximum absolute atomic E-state index is 13.2. The van der Waals surface area contributed by atoms with Crippen molar-refractivity contribution in [2.45, 2.75) is 96.2 Å². The molecule has 5 heterocycles. The van der Waals surface area contributed by atoms with Crippen molar-refractivity contribution >= 4 is 42.1 Å². The van der Waals surface area contributed by atoms with Crippen molar-refractivity contribution in [3.8, 4) is 16.9 Å². The molecule has 3 aliphatic heterocycles. The van der Waals surface area contributed by atoms with Gasteiger partial charge in [0.2, 0.25) is 5.56 Å². The Morgan fingerprint density at radius 2 is 1.70 bits per heavy atom. The zero-order chi connectivity index (χ0) is 44.3. The number of unbranched alkanes of at least 4 members (excludes halogenated alkanes) is 1. The molecule has 9 rings (SSSR count). The Hall–Kier alpha value is -5.47. The summed E-state index contributed by atoms with van der Waals surface area (Å²) < 4.78 is 20.4. The van der Waals surface area contributed by atoms with Crippen LogP contribution in [0.2, 0.25) is 18.1 Å². The highest BCUT2D eigenvalue weighted by Gasteiger charge is 2.40. The average molecular weight is 872 g/mol. The molecule has 0 aliphatic carbocycles. The number of aryl methyl sites for hydroxylation is 2. The fraction of sp³-hybridized carbons (Fsp3) is 0.420. The number of H-pyrrole nitrogens is 1. The third-order valence-corrected chi connectivity index (χ3v) is 18.0. The highest BCUT2D eigenvalue weighted by Crippen LogP contribution is 2.41. The number of phenols is 1. The number of hydrogen-bond donors (Lipinski definition) is 4. The first-order valence-electron chi connectivity index (χ1n) is 22.5. The molecule has 0 saturated carbocycles. The average Bonchev–Trinajstić information content (AvgIpc) is 3.57. The number of pyridine rings is 1.